The van der Waals surface area contributed by atoms with E-state index < -0.39 is 22.7 Å². The van der Waals surface area contributed by atoms with Gasteiger partial charge < -0.3 is 20.9 Å². The lowest BCUT2D eigenvalue weighted by molar-refractivity contribution is -0.140. The lowest BCUT2D eigenvalue weighted by Crippen LogP contribution is -2.58. The van der Waals surface area contributed by atoms with Crippen LogP contribution >= 0.6 is 0 Å². The van der Waals surface area contributed by atoms with E-state index >= 15 is 0 Å². The third kappa shape index (κ3) is 3.56. The van der Waals surface area contributed by atoms with Gasteiger partial charge >= 0.3 is 5.97 Å². The summed E-state index contributed by atoms with van der Waals surface area (Å²) >= 11 is 0. The normalized spacial score (nSPS) is 20.3. The fraction of sp³-hybridized carbons (Fsp3) is 0.318. The summed E-state index contributed by atoms with van der Waals surface area (Å²) in [7, 11) is 2.96. The van der Waals surface area contributed by atoms with Gasteiger partial charge in [0.15, 0.2) is 5.96 Å². The van der Waals surface area contributed by atoms with E-state index in [1.807, 2.05) is 0 Å². The van der Waals surface area contributed by atoms with Gasteiger partial charge in [0, 0.05) is 18.3 Å². The zero-order valence-corrected chi connectivity index (χ0v) is 18.0. The van der Waals surface area contributed by atoms with Crippen LogP contribution in [0.25, 0.3) is 0 Å². The van der Waals surface area contributed by atoms with E-state index in [4.69, 9.17) is 15.6 Å². The van der Waals surface area contributed by atoms with Crippen LogP contribution in [0, 0.1) is 11.2 Å². The molecule has 0 aromatic heterocycles. The van der Waals surface area contributed by atoms with Gasteiger partial charge in [0.05, 0.1) is 23.8 Å². The smallest absolute Gasteiger partial charge is 0.335 e. The average Bonchev–Trinajstić information content (AvgIpc) is 2.72. The molecule has 1 amide bonds. The lowest BCUT2D eigenvalue weighted by Gasteiger charge is -2.46. The van der Waals surface area contributed by atoms with Crippen LogP contribution in [0.15, 0.2) is 41.4 Å². The molecule has 0 spiro atoms. The van der Waals surface area contributed by atoms with Gasteiger partial charge in [-0.3, -0.25) is 9.69 Å². The van der Waals surface area contributed by atoms with Crippen LogP contribution in [-0.2, 0) is 10.3 Å². The zero-order valence-electron chi connectivity index (χ0n) is 18.0. The molecule has 31 heavy (non-hydrogen) atoms. The van der Waals surface area contributed by atoms with Gasteiger partial charge in [-0.15, -0.1) is 0 Å². The third-order valence-corrected chi connectivity index (χ3v) is 5.96. The number of carboxylic acids is 1. The fourth-order valence-electron chi connectivity index (χ4n) is 3.63. The number of amides is 1. The van der Waals surface area contributed by atoms with E-state index in [1.165, 1.54) is 43.3 Å². The Labute approximate surface area is 179 Å². The van der Waals surface area contributed by atoms with E-state index in [0.717, 1.165) is 0 Å². The largest absolute Gasteiger partial charge is 0.495 e. The topological polar surface area (TPSA) is 117 Å². The first kappa shape index (κ1) is 22.1. The van der Waals surface area contributed by atoms with E-state index in [0.29, 0.717) is 17.1 Å². The molecule has 0 unspecified atom stereocenters. The molecule has 1 aliphatic heterocycles. The number of guanidine groups is 1. The molecular weight excluding hydrogens is 403 g/mol. The van der Waals surface area contributed by atoms with Crippen molar-refractivity contribution >= 4 is 29.2 Å². The Balaban J connectivity index is 2.08. The quantitative estimate of drug-likeness (QED) is 0.673. The molecule has 0 saturated heterocycles. The highest BCUT2D eigenvalue weighted by atomic mass is 19.1. The maximum atomic E-state index is 15.0. The highest BCUT2D eigenvalue weighted by Gasteiger charge is 2.53. The van der Waals surface area contributed by atoms with Crippen molar-refractivity contribution in [3.63, 3.8) is 0 Å². The molecule has 8 nitrogen and oxygen atoms in total. The molecule has 2 aromatic carbocycles. The first-order valence-corrected chi connectivity index (χ1v) is 9.54. The van der Waals surface area contributed by atoms with Crippen LogP contribution in [-0.4, -0.2) is 42.0 Å². The van der Waals surface area contributed by atoms with Gasteiger partial charge in [-0.25, -0.2) is 14.2 Å². The Morgan fingerprint density at radius 2 is 1.90 bits per heavy atom. The number of aliphatic imine (C=N–C) groups is 1. The monoisotopic (exact) mass is 428 g/mol. The number of aromatic carboxylic acids is 1. The number of nitrogens with zero attached hydrogens (tertiary/aromatic N) is 2. The van der Waals surface area contributed by atoms with Crippen molar-refractivity contribution in [3.05, 3.63) is 53.3 Å². The van der Waals surface area contributed by atoms with Crippen molar-refractivity contribution < 1.29 is 23.8 Å². The van der Waals surface area contributed by atoms with Gasteiger partial charge in [-0.05, 0) is 57.2 Å². The van der Waals surface area contributed by atoms with Crippen LogP contribution in [0.5, 0.6) is 5.75 Å². The second-order valence-electron chi connectivity index (χ2n) is 8.07. The van der Waals surface area contributed by atoms with Crippen molar-refractivity contribution in [3.8, 4) is 5.75 Å². The molecule has 0 saturated carbocycles. The number of nitrogens with one attached hydrogen (secondary N) is 1. The third-order valence-electron chi connectivity index (χ3n) is 5.96. The summed E-state index contributed by atoms with van der Waals surface area (Å²) in [4.78, 5) is 29.8. The number of nitrogens with two attached hydrogens (primary N) is 1. The number of methoxy groups -OCH3 is 1. The second kappa shape index (κ2) is 7.57. The van der Waals surface area contributed by atoms with Crippen LogP contribution in [0.1, 0.15) is 36.7 Å². The van der Waals surface area contributed by atoms with E-state index in [9.17, 15) is 14.0 Å². The number of carbonyl (C=O) groups is 2. The molecule has 1 atom stereocenters. The Bertz CT molecular complexity index is 1100. The Morgan fingerprint density at radius 1 is 1.23 bits per heavy atom. The molecule has 9 heteroatoms. The molecule has 2 aromatic rings. The summed E-state index contributed by atoms with van der Waals surface area (Å²) in [6, 6.07) is 8.77. The summed E-state index contributed by atoms with van der Waals surface area (Å²) in [5, 5.41) is 12.3. The van der Waals surface area contributed by atoms with Crippen molar-refractivity contribution in [2.45, 2.75) is 26.3 Å². The maximum absolute atomic E-state index is 15.0. The Kier molecular flexibility index (Phi) is 5.39. The van der Waals surface area contributed by atoms with E-state index in [-0.39, 0.29) is 23.0 Å². The average molecular weight is 428 g/mol. The highest BCUT2D eigenvalue weighted by molar-refractivity contribution is 6.01. The predicted molar refractivity (Wildman–Crippen MR) is 115 cm³/mol. The SMILES string of the molecule is COc1cc(C(=O)O)ccc1Nc1ccc(F)c([C@@]2(C)N=C(N)N(C)C(=O)C2(C)C)c1. The summed E-state index contributed by atoms with van der Waals surface area (Å²) in [6.45, 7) is 5.08. The molecule has 4 N–H and O–H groups in total. The number of carbonyl (C=O) groups excluding carboxylic acids is 1. The highest BCUT2D eigenvalue weighted by Crippen LogP contribution is 2.48. The number of rotatable bonds is 5. The number of benzene rings is 2. The number of halogens is 1. The van der Waals surface area contributed by atoms with Crippen LogP contribution in [0.2, 0.25) is 0 Å². The summed E-state index contributed by atoms with van der Waals surface area (Å²) in [5.74, 6) is -1.55. The Morgan fingerprint density at radius 3 is 2.52 bits per heavy atom. The van der Waals surface area contributed by atoms with Crippen molar-refractivity contribution in [1.82, 2.24) is 4.90 Å². The van der Waals surface area contributed by atoms with Gasteiger partial charge in [0.25, 0.3) is 0 Å². The van der Waals surface area contributed by atoms with Crippen molar-refractivity contribution in [2.75, 3.05) is 19.5 Å². The predicted octanol–water partition coefficient (Wildman–Crippen LogP) is 3.30. The fourth-order valence-corrected chi connectivity index (χ4v) is 3.63. The first-order valence-electron chi connectivity index (χ1n) is 9.54. The van der Waals surface area contributed by atoms with Crippen LogP contribution < -0.4 is 15.8 Å². The molecule has 1 heterocycles. The molecule has 3 rings (SSSR count). The molecule has 0 aliphatic carbocycles. The van der Waals surface area contributed by atoms with Gasteiger partial charge in [0.1, 0.15) is 17.1 Å². The number of ether oxygens (including phenoxy) is 1. The van der Waals surface area contributed by atoms with Crippen molar-refractivity contribution in [1.29, 1.82) is 0 Å². The van der Waals surface area contributed by atoms with E-state index in [2.05, 4.69) is 10.3 Å². The van der Waals surface area contributed by atoms with Gasteiger partial charge in [0.2, 0.25) is 5.91 Å². The number of carboxylic acid groups (broad SMARTS) is 1. The van der Waals surface area contributed by atoms with Crippen molar-refractivity contribution in [2.24, 2.45) is 16.1 Å². The van der Waals surface area contributed by atoms with E-state index in [1.54, 1.807) is 32.9 Å². The van der Waals surface area contributed by atoms with Gasteiger partial charge in [-0.2, -0.15) is 0 Å². The second-order valence-corrected chi connectivity index (χ2v) is 8.07. The maximum Gasteiger partial charge on any atom is 0.335 e. The summed E-state index contributed by atoms with van der Waals surface area (Å²) < 4.78 is 20.3. The molecular formula is C22H25FN4O4. The molecule has 0 radical (unpaired) electrons. The Hall–Kier alpha value is -3.62. The van der Waals surface area contributed by atoms with Gasteiger partial charge in [-0.1, -0.05) is 0 Å². The number of hydrogen-bond acceptors (Lipinski definition) is 6. The minimum absolute atomic E-state index is 0.00974. The van der Waals surface area contributed by atoms with Crippen LogP contribution in [0.4, 0.5) is 15.8 Å². The first-order chi connectivity index (χ1) is 14.4. The molecule has 1 aliphatic rings. The minimum atomic E-state index is -1.25. The number of hydrogen-bond donors (Lipinski definition) is 3. The van der Waals surface area contributed by atoms with Crippen LogP contribution in [0.3, 0.4) is 0 Å². The molecule has 164 valence electrons. The lowest BCUT2D eigenvalue weighted by atomic mass is 9.67. The number of anilines is 2. The molecule has 0 bridgehead atoms. The summed E-state index contributed by atoms with van der Waals surface area (Å²) in [5.41, 5.74) is 4.91. The standard InChI is InChI=1S/C22H25FN4O4/c1-21(2)19(30)27(4)20(24)26-22(21,3)14-11-13(7-8-15(14)23)25-16-9-6-12(18(28)29)10-17(16)31-5/h6-11,25H,1-5H3,(H2,24,26)(H,28,29)/t22-/m1/s1. The molecule has 0 fully saturated rings. The minimum Gasteiger partial charge on any atom is -0.495 e. The zero-order chi connectivity index (χ0) is 23.1. The summed E-state index contributed by atoms with van der Waals surface area (Å²) in [6.07, 6.45) is 0.